The minimum Gasteiger partial charge on any atom is -0.372 e. The molecule has 3 rings (SSSR count). The Balaban J connectivity index is 1.51. The van der Waals surface area contributed by atoms with Crippen molar-refractivity contribution in [2.24, 2.45) is 4.99 Å². The van der Waals surface area contributed by atoms with Crippen molar-refractivity contribution in [3.8, 4) is 0 Å². The molecule has 2 heterocycles. The highest BCUT2D eigenvalue weighted by Crippen LogP contribution is 2.20. The normalized spacial score (nSPS) is 18.6. The van der Waals surface area contributed by atoms with Crippen LogP contribution in [0.5, 0.6) is 0 Å². The van der Waals surface area contributed by atoms with Gasteiger partial charge in [0.25, 0.3) is 0 Å². The molecule has 0 bridgehead atoms. The first-order valence-electron chi connectivity index (χ1n) is 8.04. The summed E-state index contributed by atoms with van der Waals surface area (Å²) in [4.78, 5) is 42.9. The smallest absolute Gasteiger partial charge is 0.372 e. The van der Waals surface area contributed by atoms with E-state index in [4.69, 9.17) is 4.74 Å². The zero-order valence-electron chi connectivity index (χ0n) is 13.3. The Morgan fingerprint density at radius 1 is 1.08 bits per heavy atom. The quantitative estimate of drug-likeness (QED) is 0.616. The minimum absolute atomic E-state index is 0.0869. The summed E-state index contributed by atoms with van der Waals surface area (Å²) in [7, 11) is 0. The number of likely N-dealkylation sites (tertiary alicyclic amines) is 1. The van der Waals surface area contributed by atoms with Crippen LogP contribution in [-0.2, 0) is 4.74 Å². The van der Waals surface area contributed by atoms with Crippen LogP contribution in [0.1, 0.15) is 29.6 Å². The Labute approximate surface area is 139 Å². The van der Waals surface area contributed by atoms with E-state index in [9.17, 15) is 14.4 Å². The lowest BCUT2D eigenvalue weighted by Crippen LogP contribution is -2.49. The van der Waals surface area contributed by atoms with Crippen LogP contribution in [0, 0.1) is 0 Å². The molecule has 1 fully saturated rings. The van der Waals surface area contributed by atoms with E-state index < -0.39 is 12.1 Å². The molecule has 0 unspecified atom stereocenters. The molecular formula is C17H19N3O4. The van der Waals surface area contributed by atoms with Crippen LogP contribution in [0.3, 0.4) is 0 Å². The maximum Gasteiger partial charge on any atom is 0.417 e. The summed E-state index contributed by atoms with van der Waals surface area (Å²) < 4.78 is 4.92. The molecule has 1 aromatic rings. The van der Waals surface area contributed by atoms with Crippen molar-refractivity contribution in [2.45, 2.75) is 25.3 Å². The summed E-state index contributed by atoms with van der Waals surface area (Å²) in [5.41, 5.74) is 0.345. The predicted molar refractivity (Wildman–Crippen MR) is 87.1 cm³/mol. The number of ether oxygens (including phenoxy) is 1. The van der Waals surface area contributed by atoms with Crippen LogP contribution in [0.25, 0.3) is 0 Å². The lowest BCUT2D eigenvalue weighted by atomic mass is 10.0. The molecule has 3 amide bonds. The molecule has 2 aliphatic heterocycles. The van der Waals surface area contributed by atoms with Gasteiger partial charge in [-0.25, -0.2) is 19.4 Å². The number of amides is 3. The highest BCUT2D eigenvalue weighted by molar-refractivity contribution is 5.96. The molecule has 1 aromatic carbocycles. The standard InChI is InChI=1S/C17H19N3O4/c21-15(13-5-2-1-3-6-13)24-17(23)19-11-7-14(8-12-19)20-10-4-9-18-16(20)22/h1-3,5-6,9,14H,4,7-8,10-12H2. The third-order valence-corrected chi connectivity index (χ3v) is 4.30. The number of aliphatic imine (C=N–C) groups is 1. The average molecular weight is 329 g/mol. The molecule has 1 saturated heterocycles. The monoisotopic (exact) mass is 329 g/mol. The Kier molecular flexibility index (Phi) is 4.88. The van der Waals surface area contributed by atoms with E-state index in [0.717, 1.165) is 6.42 Å². The first kappa shape index (κ1) is 16.2. The number of nitrogens with zero attached hydrogens (tertiary/aromatic N) is 3. The number of hydrogen-bond donors (Lipinski definition) is 0. The van der Waals surface area contributed by atoms with Crippen molar-refractivity contribution in [3.05, 3.63) is 35.9 Å². The Bertz CT molecular complexity index is 651. The molecule has 0 N–H and O–H groups in total. The largest absolute Gasteiger partial charge is 0.417 e. The Hall–Kier alpha value is -2.70. The topological polar surface area (TPSA) is 79.3 Å². The fraction of sp³-hybridized carbons (Fsp3) is 0.412. The third-order valence-electron chi connectivity index (χ3n) is 4.30. The van der Waals surface area contributed by atoms with Gasteiger partial charge in [0.05, 0.1) is 5.56 Å². The molecule has 0 atom stereocenters. The first-order chi connectivity index (χ1) is 11.6. The fourth-order valence-electron chi connectivity index (χ4n) is 2.99. The van der Waals surface area contributed by atoms with Crippen molar-refractivity contribution in [1.29, 1.82) is 0 Å². The number of benzene rings is 1. The summed E-state index contributed by atoms with van der Waals surface area (Å²) in [6.45, 7) is 1.59. The van der Waals surface area contributed by atoms with Gasteiger partial charge in [0, 0.05) is 38.3 Å². The first-order valence-corrected chi connectivity index (χ1v) is 8.04. The van der Waals surface area contributed by atoms with Crippen molar-refractivity contribution in [3.63, 3.8) is 0 Å². The Morgan fingerprint density at radius 2 is 1.79 bits per heavy atom. The molecule has 0 aliphatic carbocycles. The van der Waals surface area contributed by atoms with Crippen LogP contribution in [-0.4, -0.2) is 59.8 Å². The molecule has 2 aliphatic rings. The highest BCUT2D eigenvalue weighted by Gasteiger charge is 2.31. The van der Waals surface area contributed by atoms with Crippen molar-refractivity contribution < 1.29 is 19.1 Å². The molecule has 24 heavy (non-hydrogen) atoms. The van der Waals surface area contributed by atoms with Gasteiger partial charge in [0.2, 0.25) is 0 Å². The summed E-state index contributed by atoms with van der Waals surface area (Å²) in [6.07, 6.45) is 3.09. The predicted octanol–water partition coefficient (Wildman–Crippen LogP) is 2.32. The number of piperidine rings is 1. The number of hydrogen-bond acceptors (Lipinski definition) is 4. The molecule has 126 valence electrons. The lowest BCUT2D eigenvalue weighted by molar-refractivity contribution is 0.0498. The fourth-order valence-corrected chi connectivity index (χ4v) is 2.99. The van der Waals surface area contributed by atoms with E-state index >= 15 is 0 Å². The molecule has 0 saturated carbocycles. The second kappa shape index (κ2) is 7.25. The van der Waals surface area contributed by atoms with Crippen LogP contribution < -0.4 is 0 Å². The van der Waals surface area contributed by atoms with Crippen LogP contribution >= 0.6 is 0 Å². The van der Waals surface area contributed by atoms with E-state index in [1.165, 1.54) is 4.90 Å². The Morgan fingerprint density at radius 3 is 2.46 bits per heavy atom. The van der Waals surface area contributed by atoms with E-state index in [-0.39, 0.29) is 12.1 Å². The second-order valence-corrected chi connectivity index (χ2v) is 5.82. The maximum absolute atomic E-state index is 12.1. The number of esters is 1. The van der Waals surface area contributed by atoms with Crippen molar-refractivity contribution >= 4 is 24.3 Å². The van der Waals surface area contributed by atoms with Crippen LogP contribution in [0.2, 0.25) is 0 Å². The van der Waals surface area contributed by atoms with E-state index in [1.807, 2.05) is 0 Å². The van der Waals surface area contributed by atoms with E-state index in [2.05, 4.69) is 4.99 Å². The molecule has 0 spiro atoms. The van der Waals surface area contributed by atoms with Gasteiger partial charge >= 0.3 is 18.1 Å². The zero-order valence-corrected chi connectivity index (χ0v) is 13.3. The molecule has 7 nitrogen and oxygen atoms in total. The summed E-state index contributed by atoms with van der Waals surface area (Å²) in [5.74, 6) is -0.650. The summed E-state index contributed by atoms with van der Waals surface area (Å²) in [5, 5.41) is 0. The van der Waals surface area contributed by atoms with Gasteiger partial charge in [-0.05, 0) is 25.0 Å². The van der Waals surface area contributed by atoms with Gasteiger partial charge in [-0.1, -0.05) is 18.2 Å². The van der Waals surface area contributed by atoms with Gasteiger partial charge < -0.3 is 14.5 Å². The van der Waals surface area contributed by atoms with Crippen molar-refractivity contribution in [1.82, 2.24) is 9.80 Å². The minimum atomic E-state index is -0.650. The van der Waals surface area contributed by atoms with Gasteiger partial charge in [0.15, 0.2) is 0 Å². The van der Waals surface area contributed by atoms with Gasteiger partial charge in [-0.15, -0.1) is 0 Å². The van der Waals surface area contributed by atoms with Gasteiger partial charge in [-0.2, -0.15) is 0 Å². The van der Waals surface area contributed by atoms with Crippen molar-refractivity contribution in [2.75, 3.05) is 19.6 Å². The van der Waals surface area contributed by atoms with E-state index in [0.29, 0.717) is 38.0 Å². The number of rotatable bonds is 2. The average Bonchev–Trinajstić information content (AvgIpc) is 2.63. The lowest BCUT2D eigenvalue weighted by Gasteiger charge is -2.37. The van der Waals surface area contributed by atoms with Gasteiger partial charge in [-0.3, -0.25) is 0 Å². The maximum atomic E-state index is 12.1. The number of urea groups is 1. The molecule has 0 aromatic heterocycles. The number of carbonyl (C=O) groups excluding carboxylic acids is 3. The number of carbonyl (C=O) groups is 3. The third kappa shape index (κ3) is 3.61. The van der Waals surface area contributed by atoms with E-state index in [1.54, 1.807) is 41.4 Å². The SMILES string of the molecule is O=C(OC(=O)N1CCC(N2CCC=NC2=O)CC1)c1ccccc1. The second-order valence-electron chi connectivity index (χ2n) is 5.82. The van der Waals surface area contributed by atoms with Crippen LogP contribution in [0.15, 0.2) is 35.3 Å². The van der Waals surface area contributed by atoms with Crippen LogP contribution in [0.4, 0.5) is 9.59 Å². The summed E-state index contributed by atoms with van der Waals surface area (Å²) >= 11 is 0. The zero-order chi connectivity index (χ0) is 16.9. The summed E-state index contributed by atoms with van der Waals surface area (Å²) in [6, 6.07) is 8.30. The van der Waals surface area contributed by atoms with Gasteiger partial charge in [0.1, 0.15) is 0 Å². The molecule has 7 heteroatoms. The molecular weight excluding hydrogens is 310 g/mol. The highest BCUT2D eigenvalue weighted by atomic mass is 16.6. The molecule has 0 radical (unpaired) electrons.